The number of benzene rings is 1. The zero-order chi connectivity index (χ0) is 24.3. The minimum Gasteiger partial charge on any atom is -0.476 e. The summed E-state index contributed by atoms with van der Waals surface area (Å²) >= 11 is 0. The highest BCUT2D eigenvalue weighted by Gasteiger charge is 2.29. The number of sulfonamides is 1. The van der Waals surface area contributed by atoms with Gasteiger partial charge in [-0.25, -0.2) is 8.42 Å². The maximum atomic E-state index is 13.7. The SMILES string of the molecule is Cc1ccc(S(=O)(=O)N2CCCCCOc3nc4c(ccn4COCC[Si](C)(C)C)cc32)cc1. The van der Waals surface area contributed by atoms with Gasteiger partial charge in [-0.15, -0.1) is 0 Å². The zero-order valence-corrected chi connectivity index (χ0v) is 22.4. The third-order valence-corrected chi connectivity index (χ3v) is 9.56. The minimum atomic E-state index is -3.76. The Balaban J connectivity index is 1.69. The number of fused-ring (bicyclic) bond motifs is 2. The van der Waals surface area contributed by atoms with Crippen molar-refractivity contribution in [2.45, 2.75) is 63.5 Å². The first-order valence-corrected chi connectivity index (χ1v) is 17.1. The average molecular weight is 502 g/mol. The van der Waals surface area contributed by atoms with E-state index in [1.54, 1.807) is 12.1 Å². The van der Waals surface area contributed by atoms with Gasteiger partial charge in [-0.1, -0.05) is 37.3 Å². The lowest BCUT2D eigenvalue weighted by molar-refractivity contribution is 0.0898. The summed E-state index contributed by atoms with van der Waals surface area (Å²) in [7, 11) is -4.91. The summed E-state index contributed by atoms with van der Waals surface area (Å²) in [6.45, 7) is 11.0. The van der Waals surface area contributed by atoms with Gasteiger partial charge in [0.25, 0.3) is 10.0 Å². The van der Waals surface area contributed by atoms with Crippen LogP contribution in [0, 0.1) is 6.92 Å². The van der Waals surface area contributed by atoms with E-state index in [2.05, 4.69) is 19.6 Å². The van der Waals surface area contributed by atoms with Crippen LogP contribution in [0.5, 0.6) is 5.88 Å². The van der Waals surface area contributed by atoms with Gasteiger partial charge in [0.2, 0.25) is 5.88 Å². The van der Waals surface area contributed by atoms with E-state index in [1.165, 1.54) is 4.31 Å². The number of hydrogen-bond donors (Lipinski definition) is 0. The van der Waals surface area contributed by atoms with E-state index in [1.807, 2.05) is 42.0 Å². The van der Waals surface area contributed by atoms with Gasteiger partial charge in [-0.2, -0.15) is 4.98 Å². The standard InChI is InChI=1S/C25H35N3O4SSi/c1-20-8-10-22(11-9-20)33(29,30)28-13-6-5-7-15-32-25-23(28)18-21-12-14-27(24(21)26-25)19-31-16-17-34(2,3)4/h8-12,14,18H,5-7,13,15-17,19H2,1-4H3. The Morgan fingerprint density at radius 2 is 1.85 bits per heavy atom. The smallest absolute Gasteiger partial charge is 0.264 e. The summed E-state index contributed by atoms with van der Waals surface area (Å²) in [4.78, 5) is 5.06. The molecule has 3 heterocycles. The summed E-state index contributed by atoms with van der Waals surface area (Å²) < 4.78 is 42.7. The lowest BCUT2D eigenvalue weighted by Gasteiger charge is -2.25. The largest absolute Gasteiger partial charge is 0.476 e. The van der Waals surface area contributed by atoms with Crippen molar-refractivity contribution in [2.75, 3.05) is 24.1 Å². The van der Waals surface area contributed by atoms with Crippen molar-refractivity contribution in [1.29, 1.82) is 0 Å². The Kier molecular flexibility index (Phi) is 7.35. The minimum absolute atomic E-state index is 0.275. The Bertz CT molecular complexity index is 1230. The molecule has 1 aliphatic heterocycles. The average Bonchev–Trinajstić information content (AvgIpc) is 3.20. The van der Waals surface area contributed by atoms with Crippen LogP contribution in [-0.4, -0.2) is 45.8 Å². The molecule has 0 radical (unpaired) electrons. The van der Waals surface area contributed by atoms with Crippen LogP contribution >= 0.6 is 0 Å². The molecule has 34 heavy (non-hydrogen) atoms. The van der Waals surface area contributed by atoms with Gasteiger partial charge in [0.15, 0.2) is 0 Å². The molecule has 1 aliphatic rings. The van der Waals surface area contributed by atoms with Crippen molar-refractivity contribution >= 4 is 34.8 Å². The highest BCUT2D eigenvalue weighted by Crippen LogP contribution is 2.36. The number of aryl methyl sites for hydroxylation is 1. The van der Waals surface area contributed by atoms with E-state index in [4.69, 9.17) is 14.5 Å². The normalized spacial score (nSPS) is 15.4. The number of rotatable bonds is 7. The van der Waals surface area contributed by atoms with Gasteiger partial charge in [0.05, 0.1) is 11.5 Å². The summed E-state index contributed by atoms with van der Waals surface area (Å²) in [6, 6.07) is 11.9. The molecule has 0 aliphatic carbocycles. The van der Waals surface area contributed by atoms with Gasteiger partial charge >= 0.3 is 0 Å². The molecule has 4 rings (SSSR count). The van der Waals surface area contributed by atoms with Crippen molar-refractivity contribution in [3.63, 3.8) is 0 Å². The number of hydrogen-bond acceptors (Lipinski definition) is 5. The fourth-order valence-corrected chi connectivity index (χ4v) is 6.18. The lowest BCUT2D eigenvalue weighted by atomic mass is 10.2. The number of nitrogens with zero attached hydrogens (tertiary/aromatic N) is 3. The number of ether oxygens (including phenoxy) is 2. The van der Waals surface area contributed by atoms with Crippen molar-refractivity contribution in [2.24, 2.45) is 0 Å². The van der Waals surface area contributed by atoms with Crippen molar-refractivity contribution in [3.8, 4) is 5.88 Å². The predicted molar refractivity (Wildman–Crippen MR) is 139 cm³/mol. The van der Waals surface area contributed by atoms with Crippen LogP contribution in [0.3, 0.4) is 0 Å². The first kappa shape index (κ1) is 24.8. The molecule has 9 heteroatoms. The number of anilines is 1. The molecule has 1 aromatic carbocycles. The molecule has 0 N–H and O–H groups in total. The van der Waals surface area contributed by atoms with Crippen molar-refractivity contribution in [1.82, 2.24) is 9.55 Å². The van der Waals surface area contributed by atoms with Crippen molar-refractivity contribution < 1.29 is 17.9 Å². The molecule has 0 atom stereocenters. The van der Waals surface area contributed by atoms with Gasteiger partial charge < -0.3 is 14.0 Å². The van der Waals surface area contributed by atoms with Crippen LogP contribution in [0.15, 0.2) is 47.5 Å². The van der Waals surface area contributed by atoms with E-state index in [0.29, 0.717) is 31.4 Å². The molecule has 7 nitrogen and oxygen atoms in total. The molecule has 0 saturated heterocycles. The van der Waals surface area contributed by atoms with E-state index in [9.17, 15) is 8.42 Å². The predicted octanol–water partition coefficient (Wildman–Crippen LogP) is 5.42. The molecule has 0 amide bonds. The number of pyridine rings is 1. The molecule has 3 aromatic rings. The van der Waals surface area contributed by atoms with Crippen LogP contribution in [0.1, 0.15) is 24.8 Å². The first-order chi connectivity index (χ1) is 16.1. The quantitative estimate of drug-likeness (QED) is 0.319. The van der Waals surface area contributed by atoms with Crippen LogP contribution < -0.4 is 9.04 Å². The topological polar surface area (TPSA) is 73.7 Å². The van der Waals surface area contributed by atoms with Crippen molar-refractivity contribution in [3.05, 3.63) is 48.2 Å². The molecule has 0 fully saturated rings. The monoisotopic (exact) mass is 501 g/mol. The summed E-state index contributed by atoms with van der Waals surface area (Å²) in [5.41, 5.74) is 2.25. The Labute approximate surface area is 203 Å². The Morgan fingerprint density at radius 3 is 2.59 bits per heavy atom. The lowest BCUT2D eigenvalue weighted by Crippen LogP contribution is -2.32. The number of aromatic nitrogens is 2. The molecular formula is C25H35N3O4SSi. The zero-order valence-electron chi connectivity index (χ0n) is 20.6. The second-order valence-corrected chi connectivity index (χ2v) is 17.6. The maximum Gasteiger partial charge on any atom is 0.264 e. The third kappa shape index (κ3) is 5.64. The Morgan fingerprint density at radius 1 is 1.09 bits per heavy atom. The molecule has 0 spiro atoms. The summed E-state index contributed by atoms with van der Waals surface area (Å²) in [5, 5.41) is 0.861. The van der Waals surface area contributed by atoms with Crippen LogP contribution in [0.25, 0.3) is 11.0 Å². The molecular weight excluding hydrogens is 466 g/mol. The second kappa shape index (κ2) is 10.1. The molecule has 2 aromatic heterocycles. The fraction of sp³-hybridized carbons (Fsp3) is 0.480. The second-order valence-electron chi connectivity index (χ2n) is 10.2. The van der Waals surface area contributed by atoms with Crippen LogP contribution in [-0.2, 0) is 21.5 Å². The molecule has 184 valence electrons. The molecule has 0 unspecified atom stereocenters. The van der Waals surface area contributed by atoms with Gasteiger partial charge in [-0.05, 0) is 56.5 Å². The highest BCUT2D eigenvalue weighted by atomic mass is 32.2. The first-order valence-electron chi connectivity index (χ1n) is 11.9. The van der Waals surface area contributed by atoms with Gasteiger partial charge in [0.1, 0.15) is 18.1 Å². The highest BCUT2D eigenvalue weighted by molar-refractivity contribution is 7.92. The van der Waals surface area contributed by atoms with E-state index >= 15 is 0 Å². The van der Waals surface area contributed by atoms with E-state index < -0.39 is 18.1 Å². The molecule has 0 saturated carbocycles. The van der Waals surface area contributed by atoms with Gasteiger partial charge in [-0.3, -0.25) is 4.31 Å². The van der Waals surface area contributed by atoms with Crippen LogP contribution in [0.2, 0.25) is 25.7 Å². The Hall–Kier alpha value is -2.36. The fourth-order valence-electron chi connectivity index (χ4n) is 3.93. The summed E-state index contributed by atoms with van der Waals surface area (Å²) in [6.07, 6.45) is 4.45. The van der Waals surface area contributed by atoms with Crippen LogP contribution in [0.4, 0.5) is 5.69 Å². The van der Waals surface area contributed by atoms with E-state index in [0.717, 1.165) is 48.5 Å². The molecule has 0 bridgehead atoms. The van der Waals surface area contributed by atoms with Gasteiger partial charge in [0, 0.05) is 32.8 Å². The third-order valence-electron chi connectivity index (χ3n) is 6.03. The van der Waals surface area contributed by atoms with E-state index in [-0.39, 0.29) is 4.90 Å². The maximum absolute atomic E-state index is 13.7. The summed E-state index contributed by atoms with van der Waals surface area (Å²) in [5.74, 6) is 0.354.